The minimum absolute atomic E-state index is 0.114. The van der Waals surface area contributed by atoms with Crippen LogP contribution < -0.4 is 0 Å². The summed E-state index contributed by atoms with van der Waals surface area (Å²) in [6, 6.07) is 28.9. The van der Waals surface area contributed by atoms with E-state index >= 15 is 0 Å². The van der Waals surface area contributed by atoms with Crippen molar-refractivity contribution in [2.75, 3.05) is 0 Å². The first-order chi connectivity index (χ1) is 13.9. The first-order valence-electron chi connectivity index (χ1n) is 11.1. The molecule has 0 aliphatic heterocycles. The van der Waals surface area contributed by atoms with Crippen molar-refractivity contribution in [1.82, 2.24) is 0 Å². The van der Waals surface area contributed by atoms with Crippen molar-refractivity contribution < 1.29 is 0 Å². The molecular weight excluding hydrogens is 348 g/mol. The van der Waals surface area contributed by atoms with Crippen LogP contribution in [0, 0.1) is 5.92 Å². The molecule has 3 rings (SSSR count). The summed E-state index contributed by atoms with van der Waals surface area (Å²) in [4.78, 5) is 0. The molecule has 0 aromatic heterocycles. The van der Waals surface area contributed by atoms with Gasteiger partial charge in [-0.3, -0.25) is 0 Å². The summed E-state index contributed by atoms with van der Waals surface area (Å²) in [5.41, 5.74) is 7.50. The van der Waals surface area contributed by atoms with E-state index in [-0.39, 0.29) is 5.41 Å². The first kappa shape index (κ1) is 21.4. The van der Waals surface area contributed by atoms with Crippen LogP contribution >= 0.6 is 0 Å². The summed E-state index contributed by atoms with van der Waals surface area (Å²) in [6.07, 6.45) is 3.30. The van der Waals surface area contributed by atoms with Crippen LogP contribution in [-0.2, 0) is 18.3 Å². The third-order valence-electron chi connectivity index (χ3n) is 6.20. The Morgan fingerprint density at radius 1 is 0.724 bits per heavy atom. The van der Waals surface area contributed by atoms with Crippen LogP contribution in [0.25, 0.3) is 0 Å². The van der Waals surface area contributed by atoms with Gasteiger partial charge in [-0.25, -0.2) is 0 Å². The summed E-state index contributed by atoms with van der Waals surface area (Å²) < 4.78 is 0. The molecule has 0 spiro atoms. The Balaban J connectivity index is 2.08. The molecular formula is C29H36. The molecule has 0 amide bonds. The number of rotatable bonds is 7. The van der Waals surface area contributed by atoms with E-state index in [1.165, 1.54) is 23.1 Å². The fourth-order valence-corrected chi connectivity index (χ4v) is 4.58. The molecule has 0 nitrogen and oxygen atoms in total. The van der Waals surface area contributed by atoms with E-state index in [4.69, 9.17) is 0 Å². The van der Waals surface area contributed by atoms with Gasteiger partial charge in [-0.2, -0.15) is 0 Å². The average molecular weight is 385 g/mol. The fourth-order valence-electron chi connectivity index (χ4n) is 4.58. The van der Waals surface area contributed by atoms with Gasteiger partial charge in [0.05, 0.1) is 0 Å². The van der Waals surface area contributed by atoms with Gasteiger partial charge in [0.25, 0.3) is 0 Å². The van der Waals surface area contributed by atoms with E-state index in [1.807, 2.05) is 0 Å². The molecule has 0 N–H and O–H groups in total. The molecule has 2 unspecified atom stereocenters. The largest absolute Gasteiger partial charge is 0.0651 e. The Kier molecular flexibility index (Phi) is 6.96. The van der Waals surface area contributed by atoms with Gasteiger partial charge in [-0.05, 0) is 57.9 Å². The fraction of sp³-hybridized carbons (Fsp3) is 0.379. The second-order valence-electron chi connectivity index (χ2n) is 9.48. The van der Waals surface area contributed by atoms with Crippen LogP contribution in [0.3, 0.4) is 0 Å². The van der Waals surface area contributed by atoms with Crippen molar-refractivity contribution in [2.24, 2.45) is 5.92 Å². The second-order valence-corrected chi connectivity index (χ2v) is 9.48. The van der Waals surface area contributed by atoms with Gasteiger partial charge >= 0.3 is 0 Å². The van der Waals surface area contributed by atoms with Crippen molar-refractivity contribution in [3.8, 4) is 0 Å². The maximum Gasteiger partial charge on any atom is -0.00227 e. The molecule has 0 heterocycles. The second kappa shape index (κ2) is 9.44. The molecule has 152 valence electrons. The highest BCUT2D eigenvalue weighted by atomic mass is 14.3. The van der Waals surface area contributed by atoms with Crippen LogP contribution in [0.4, 0.5) is 0 Å². The number of benzene rings is 3. The lowest BCUT2D eigenvalue weighted by molar-refractivity contribution is 0.432. The van der Waals surface area contributed by atoms with Crippen LogP contribution in [0.15, 0.2) is 78.9 Å². The Morgan fingerprint density at radius 2 is 1.31 bits per heavy atom. The molecule has 2 atom stereocenters. The molecule has 0 saturated carbocycles. The number of hydrogen-bond donors (Lipinski definition) is 0. The van der Waals surface area contributed by atoms with Crippen molar-refractivity contribution in [2.45, 2.75) is 65.2 Å². The Hall–Kier alpha value is -2.34. The highest BCUT2D eigenvalue weighted by Gasteiger charge is 2.28. The van der Waals surface area contributed by atoms with Gasteiger partial charge in [0.15, 0.2) is 0 Å². The lowest BCUT2D eigenvalue weighted by Crippen LogP contribution is -2.22. The summed E-state index contributed by atoms with van der Waals surface area (Å²) in [7, 11) is 0. The average Bonchev–Trinajstić information content (AvgIpc) is 2.72. The SMILES string of the molecule is CCC(C)C(Cc1ccccc1)c1cccc(Cc2ccccc2)c1C(C)(C)C. The smallest absolute Gasteiger partial charge is 0.00227 e. The Morgan fingerprint density at radius 3 is 1.86 bits per heavy atom. The van der Waals surface area contributed by atoms with E-state index in [9.17, 15) is 0 Å². The summed E-state index contributed by atoms with van der Waals surface area (Å²) in [5.74, 6) is 1.18. The first-order valence-corrected chi connectivity index (χ1v) is 11.1. The van der Waals surface area contributed by atoms with Crippen LogP contribution in [0.1, 0.15) is 74.8 Å². The van der Waals surface area contributed by atoms with Crippen molar-refractivity contribution >= 4 is 0 Å². The Labute approximate surface area is 178 Å². The maximum absolute atomic E-state index is 2.42. The standard InChI is InChI=1S/C29H36/c1-6-22(2)27(21-24-16-11-8-12-17-24)26-19-13-18-25(28(26)29(3,4)5)20-23-14-9-7-10-15-23/h7-19,22,27H,6,20-21H2,1-5H3. The monoisotopic (exact) mass is 384 g/mol. The lowest BCUT2D eigenvalue weighted by atomic mass is 9.72. The third kappa shape index (κ3) is 5.38. The molecule has 0 saturated heterocycles. The molecule has 0 aliphatic carbocycles. The lowest BCUT2D eigenvalue weighted by Gasteiger charge is -2.33. The van der Waals surface area contributed by atoms with E-state index < -0.39 is 0 Å². The third-order valence-corrected chi connectivity index (χ3v) is 6.20. The van der Waals surface area contributed by atoms with Gasteiger partial charge in [0.2, 0.25) is 0 Å². The van der Waals surface area contributed by atoms with Gasteiger partial charge in [-0.15, -0.1) is 0 Å². The molecule has 0 radical (unpaired) electrons. The zero-order valence-electron chi connectivity index (χ0n) is 18.8. The molecule has 0 heteroatoms. The minimum atomic E-state index is 0.114. The number of hydrogen-bond acceptors (Lipinski definition) is 0. The molecule has 29 heavy (non-hydrogen) atoms. The summed E-state index contributed by atoms with van der Waals surface area (Å²) >= 11 is 0. The molecule has 3 aromatic rings. The highest BCUT2D eigenvalue weighted by molar-refractivity contribution is 5.45. The Bertz CT molecular complexity index is 884. The van der Waals surface area contributed by atoms with E-state index in [0.717, 1.165) is 12.8 Å². The van der Waals surface area contributed by atoms with Crippen LogP contribution in [-0.4, -0.2) is 0 Å². The van der Waals surface area contributed by atoms with E-state index in [0.29, 0.717) is 11.8 Å². The highest BCUT2D eigenvalue weighted by Crippen LogP contribution is 2.39. The van der Waals surface area contributed by atoms with Crippen LogP contribution in [0.2, 0.25) is 0 Å². The molecule has 3 aromatic carbocycles. The zero-order valence-corrected chi connectivity index (χ0v) is 18.8. The van der Waals surface area contributed by atoms with Crippen molar-refractivity contribution in [3.05, 3.63) is 107 Å². The van der Waals surface area contributed by atoms with Gasteiger partial charge in [0.1, 0.15) is 0 Å². The van der Waals surface area contributed by atoms with Crippen molar-refractivity contribution in [1.29, 1.82) is 0 Å². The maximum atomic E-state index is 2.42. The zero-order chi connectivity index (χ0) is 20.9. The van der Waals surface area contributed by atoms with Gasteiger partial charge in [0, 0.05) is 0 Å². The molecule has 0 bridgehead atoms. The van der Waals surface area contributed by atoms with E-state index in [2.05, 4.69) is 113 Å². The van der Waals surface area contributed by atoms with E-state index in [1.54, 1.807) is 11.1 Å². The van der Waals surface area contributed by atoms with Crippen LogP contribution in [0.5, 0.6) is 0 Å². The molecule has 0 fully saturated rings. The quantitative estimate of drug-likeness (QED) is 0.388. The topological polar surface area (TPSA) is 0 Å². The molecule has 0 aliphatic rings. The predicted molar refractivity (Wildman–Crippen MR) is 127 cm³/mol. The predicted octanol–water partition coefficient (Wildman–Crippen LogP) is 7.95. The summed E-state index contributed by atoms with van der Waals surface area (Å²) in [5, 5.41) is 0. The normalized spacial score (nSPS) is 13.8. The van der Waals surface area contributed by atoms with Crippen molar-refractivity contribution in [3.63, 3.8) is 0 Å². The van der Waals surface area contributed by atoms with Gasteiger partial charge < -0.3 is 0 Å². The van der Waals surface area contributed by atoms with Gasteiger partial charge in [-0.1, -0.05) is 120 Å². The minimum Gasteiger partial charge on any atom is -0.0651 e. The summed E-state index contributed by atoms with van der Waals surface area (Å²) in [6.45, 7) is 11.9.